The molecule has 2 amide bonds. The van der Waals surface area contributed by atoms with E-state index in [0.717, 1.165) is 50.3 Å². The molecular formula is C28H37N5O4S. The molecule has 0 unspecified atom stereocenters. The first-order valence-electron chi connectivity index (χ1n) is 13.6. The van der Waals surface area contributed by atoms with Gasteiger partial charge in [-0.3, -0.25) is 14.5 Å². The maximum atomic E-state index is 13.7. The number of sulfonamides is 1. The summed E-state index contributed by atoms with van der Waals surface area (Å²) in [6.45, 7) is 7.61. The van der Waals surface area contributed by atoms with Gasteiger partial charge in [-0.05, 0) is 49.6 Å². The molecule has 0 aromatic heterocycles. The van der Waals surface area contributed by atoms with Crippen LogP contribution in [0.4, 0.5) is 17.1 Å². The number of piperidine rings is 1. The van der Waals surface area contributed by atoms with Gasteiger partial charge in [0.25, 0.3) is 0 Å². The van der Waals surface area contributed by atoms with E-state index in [-0.39, 0.29) is 29.3 Å². The quantitative estimate of drug-likeness (QED) is 0.538. The zero-order valence-corrected chi connectivity index (χ0v) is 23.1. The normalized spacial score (nSPS) is 20.0. The van der Waals surface area contributed by atoms with Crippen molar-refractivity contribution in [3.05, 3.63) is 48.5 Å². The molecule has 3 aliphatic heterocycles. The zero-order chi connectivity index (χ0) is 26.9. The van der Waals surface area contributed by atoms with E-state index in [0.29, 0.717) is 31.9 Å². The molecule has 2 fully saturated rings. The van der Waals surface area contributed by atoms with Crippen molar-refractivity contribution in [3.8, 4) is 0 Å². The van der Waals surface area contributed by atoms with E-state index in [1.807, 2.05) is 43.0 Å². The molecule has 9 nitrogen and oxygen atoms in total. The minimum Gasteiger partial charge on any atom is -0.368 e. The Kier molecular flexibility index (Phi) is 7.63. The summed E-state index contributed by atoms with van der Waals surface area (Å²) in [5.41, 5.74) is 2.48. The van der Waals surface area contributed by atoms with E-state index in [9.17, 15) is 18.0 Å². The van der Waals surface area contributed by atoms with E-state index in [1.54, 1.807) is 12.1 Å². The Bertz CT molecular complexity index is 1270. The highest BCUT2D eigenvalue weighted by atomic mass is 32.2. The van der Waals surface area contributed by atoms with Crippen LogP contribution in [0, 0.1) is 0 Å². The van der Waals surface area contributed by atoms with Gasteiger partial charge in [0.15, 0.2) is 0 Å². The molecular weight excluding hydrogens is 502 g/mol. The average molecular weight is 540 g/mol. The van der Waals surface area contributed by atoms with Crippen molar-refractivity contribution in [1.82, 2.24) is 9.21 Å². The molecule has 1 atom stereocenters. The van der Waals surface area contributed by atoms with Gasteiger partial charge in [0.2, 0.25) is 21.8 Å². The number of anilines is 3. The largest absolute Gasteiger partial charge is 0.368 e. The van der Waals surface area contributed by atoms with Crippen LogP contribution in [0.2, 0.25) is 0 Å². The second kappa shape index (κ2) is 10.9. The van der Waals surface area contributed by atoms with Crippen LogP contribution in [0.1, 0.15) is 33.1 Å². The number of amides is 2. The van der Waals surface area contributed by atoms with Crippen LogP contribution in [-0.4, -0.2) is 87.8 Å². The summed E-state index contributed by atoms with van der Waals surface area (Å²) in [5.74, 6) is -0.232. The van der Waals surface area contributed by atoms with Crippen LogP contribution >= 0.6 is 0 Å². The van der Waals surface area contributed by atoms with Crippen LogP contribution in [0.25, 0.3) is 0 Å². The predicted octanol–water partition coefficient (Wildman–Crippen LogP) is 2.77. The van der Waals surface area contributed by atoms with Crippen molar-refractivity contribution in [1.29, 1.82) is 0 Å². The monoisotopic (exact) mass is 539 g/mol. The highest BCUT2D eigenvalue weighted by Gasteiger charge is 2.41. The summed E-state index contributed by atoms with van der Waals surface area (Å²) in [6, 6.07) is 14.9. The summed E-state index contributed by atoms with van der Waals surface area (Å²) < 4.78 is 28.0. The Balaban J connectivity index is 1.40. The van der Waals surface area contributed by atoms with Crippen molar-refractivity contribution in [2.75, 3.05) is 67.1 Å². The molecule has 38 heavy (non-hydrogen) atoms. The minimum absolute atomic E-state index is 0.0870. The number of fused-ring (bicyclic) bond motifs is 3. The standard InChI is InChI=1S/C28H37N5O4S/c1-3-31(4-2)38(36,37)23-13-14-24-26(20-23)33(28(35)25-12-8-9-15-32(24)25)21-27(34)30-18-16-29(17-19-30)22-10-6-5-7-11-22/h5-7,10-11,13-14,20,25H,3-4,8-9,12,15-19,21H2,1-2H3/t25-/m0/s1. The summed E-state index contributed by atoms with van der Waals surface area (Å²) in [6.07, 6.45) is 2.67. The topological polar surface area (TPSA) is 84.5 Å². The first kappa shape index (κ1) is 26.5. The molecule has 0 N–H and O–H groups in total. The van der Waals surface area contributed by atoms with Gasteiger partial charge in [-0.2, -0.15) is 4.31 Å². The first-order valence-corrected chi connectivity index (χ1v) is 15.1. The van der Waals surface area contributed by atoms with Crippen molar-refractivity contribution in [2.24, 2.45) is 0 Å². The number of carbonyl (C=O) groups excluding carboxylic acids is 2. The van der Waals surface area contributed by atoms with Crippen LogP contribution in [0.5, 0.6) is 0 Å². The van der Waals surface area contributed by atoms with Gasteiger partial charge in [-0.1, -0.05) is 32.0 Å². The predicted molar refractivity (Wildman–Crippen MR) is 149 cm³/mol. The molecule has 0 aliphatic carbocycles. The molecule has 0 saturated carbocycles. The van der Waals surface area contributed by atoms with Crippen LogP contribution < -0.4 is 14.7 Å². The number of hydrogen-bond donors (Lipinski definition) is 0. The third kappa shape index (κ3) is 4.87. The Morgan fingerprint density at radius 2 is 1.63 bits per heavy atom. The molecule has 5 rings (SSSR count). The van der Waals surface area contributed by atoms with Gasteiger partial charge in [0, 0.05) is 51.5 Å². The van der Waals surface area contributed by atoms with Gasteiger partial charge in [-0.15, -0.1) is 0 Å². The van der Waals surface area contributed by atoms with Crippen LogP contribution in [0.3, 0.4) is 0 Å². The maximum Gasteiger partial charge on any atom is 0.250 e. The number of carbonyl (C=O) groups is 2. The number of benzene rings is 2. The summed E-state index contributed by atoms with van der Waals surface area (Å²) in [7, 11) is -3.71. The molecule has 2 aromatic carbocycles. The molecule has 10 heteroatoms. The van der Waals surface area contributed by atoms with E-state index in [1.165, 1.54) is 9.21 Å². The van der Waals surface area contributed by atoms with E-state index < -0.39 is 10.0 Å². The Labute approximate surface area is 225 Å². The lowest BCUT2D eigenvalue weighted by Gasteiger charge is -2.45. The first-order chi connectivity index (χ1) is 18.3. The van der Waals surface area contributed by atoms with Crippen molar-refractivity contribution in [3.63, 3.8) is 0 Å². The fourth-order valence-corrected chi connectivity index (χ4v) is 7.34. The SMILES string of the molecule is CCN(CC)S(=O)(=O)c1ccc2c(c1)N(CC(=O)N1CCN(c3ccccc3)CC1)C(=O)[C@@H]1CCCCN21. The molecule has 0 spiro atoms. The number of nitrogens with zero attached hydrogens (tertiary/aromatic N) is 5. The van der Waals surface area contributed by atoms with Crippen LogP contribution in [-0.2, 0) is 19.6 Å². The Morgan fingerprint density at radius 3 is 2.32 bits per heavy atom. The lowest BCUT2D eigenvalue weighted by atomic mass is 9.96. The second-order valence-electron chi connectivity index (χ2n) is 10.1. The molecule has 2 saturated heterocycles. The summed E-state index contributed by atoms with van der Waals surface area (Å²) >= 11 is 0. The summed E-state index contributed by atoms with van der Waals surface area (Å²) in [4.78, 5) is 35.1. The van der Waals surface area contributed by atoms with Crippen molar-refractivity contribution in [2.45, 2.75) is 44.0 Å². The Morgan fingerprint density at radius 1 is 0.921 bits per heavy atom. The zero-order valence-electron chi connectivity index (χ0n) is 22.3. The second-order valence-corrected chi connectivity index (χ2v) is 12.0. The van der Waals surface area contributed by atoms with E-state index in [4.69, 9.17) is 0 Å². The average Bonchev–Trinajstić information content (AvgIpc) is 2.96. The van der Waals surface area contributed by atoms with Gasteiger partial charge in [0.1, 0.15) is 12.6 Å². The van der Waals surface area contributed by atoms with E-state index >= 15 is 0 Å². The van der Waals surface area contributed by atoms with E-state index in [2.05, 4.69) is 21.9 Å². The lowest BCUT2D eigenvalue weighted by Crippen LogP contribution is -2.58. The molecule has 0 radical (unpaired) electrons. The molecule has 204 valence electrons. The lowest BCUT2D eigenvalue weighted by molar-refractivity contribution is -0.132. The highest BCUT2D eigenvalue weighted by Crippen LogP contribution is 2.41. The Hall–Kier alpha value is -3.11. The number of para-hydroxylation sites is 1. The molecule has 3 aliphatic rings. The van der Waals surface area contributed by atoms with Gasteiger partial charge in [0.05, 0.1) is 16.3 Å². The number of hydrogen-bond acceptors (Lipinski definition) is 6. The molecule has 0 bridgehead atoms. The molecule has 2 aromatic rings. The fourth-order valence-electron chi connectivity index (χ4n) is 5.86. The third-order valence-electron chi connectivity index (χ3n) is 7.99. The number of piperazine rings is 1. The van der Waals surface area contributed by atoms with Gasteiger partial charge >= 0.3 is 0 Å². The summed E-state index contributed by atoms with van der Waals surface area (Å²) in [5, 5.41) is 0. The highest BCUT2D eigenvalue weighted by molar-refractivity contribution is 7.89. The molecule has 3 heterocycles. The fraction of sp³-hybridized carbons (Fsp3) is 0.500. The van der Waals surface area contributed by atoms with Gasteiger partial charge in [-0.25, -0.2) is 8.42 Å². The van der Waals surface area contributed by atoms with Crippen molar-refractivity contribution >= 4 is 38.9 Å². The van der Waals surface area contributed by atoms with Crippen molar-refractivity contribution < 1.29 is 18.0 Å². The minimum atomic E-state index is -3.71. The number of rotatable bonds is 7. The van der Waals surface area contributed by atoms with Gasteiger partial charge < -0.3 is 14.7 Å². The third-order valence-corrected chi connectivity index (χ3v) is 10.0. The maximum absolute atomic E-state index is 13.7. The van der Waals surface area contributed by atoms with Crippen LogP contribution in [0.15, 0.2) is 53.4 Å². The smallest absolute Gasteiger partial charge is 0.250 e.